The van der Waals surface area contributed by atoms with E-state index < -0.39 is 0 Å². The van der Waals surface area contributed by atoms with E-state index in [1.165, 1.54) is 0 Å². The highest BCUT2D eigenvalue weighted by atomic mass is 127. The highest BCUT2D eigenvalue weighted by molar-refractivity contribution is 14.1. The van der Waals surface area contributed by atoms with Crippen LogP contribution in [0.15, 0.2) is 48.5 Å². The van der Waals surface area contributed by atoms with Crippen LogP contribution >= 0.6 is 22.6 Å². The van der Waals surface area contributed by atoms with Crippen molar-refractivity contribution < 1.29 is 14.3 Å². The number of ether oxygens (including phenoxy) is 1. The van der Waals surface area contributed by atoms with Crippen LogP contribution in [0.4, 0.5) is 5.69 Å². The summed E-state index contributed by atoms with van der Waals surface area (Å²) in [5.74, 6) is 0.254. The Morgan fingerprint density at radius 2 is 1.67 bits per heavy atom. The molecule has 2 aromatic carbocycles. The molecule has 0 aliphatic carbocycles. The summed E-state index contributed by atoms with van der Waals surface area (Å²) >= 11 is 2.20. The third kappa shape index (κ3) is 5.84. The lowest BCUT2D eigenvalue weighted by atomic mass is 10.2. The molecule has 0 aliphatic heterocycles. The summed E-state index contributed by atoms with van der Waals surface area (Å²) in [6.45, 7) is 3.73. The standard InChI is InChI=1S/C18H19IN2O3/c1-12(2)20-18(23)13-3-7-15(8-4-13)21-17(22)11-24-16-9-5-14(19)6-10-16/h3-10,12H,11H2,1-2H3,(H,20,23)(H,21,22). The summed E-state index contributed by atoms with van der Waals surface area (Å²) in [4.78, 5) is 23.8. The van der Waals surface area contributed by atoms with E-state index in [1.54, 1.807) is 24.3 Å². The summed E-state index contributed by atoms with van der Waals surface area (Å²) < 4.78 is 6.52. The fourth-order valence-electron chi connectivity index (χ4n) is 1.93. The maximum atomic E-state index is 11.9. The average molecular weight is 438 g/mol. The zero-order valence-electron chi connectivity index (χ0n) is 13.5. The Labute approximate surface area is 154 Å². The lowest BCUT2D eigenvalue weighted by molar-refractivity contribution is -0.118. The van der Waals surface area contributed by atoms with Crippen LogP contribution in [0.5, 0.6) is 5.75 Å². The zero-order chi connectivity index (χ0) is 17.5. The van der Waals surface area contributed by atoms with E-state index in [4.69, 9.17) is 4.74 Å². The topological polar surface area (TPSA) is 67.4 Å². The average Bonchev–Trinajstić information content (AvgIpc) is 2.54. The molecule has 0 radical (unpaired) electrons. The van der Waals surface area contributed by atoms with Gasteiger partial charge in [-0.2, -0.15) is 0 Å². The molecule has 0 unspecified atom stereocenters. The molecule has 0 saturated heterocycles. The van der Waals surface area contributed by atoms with Gasteiger partial charge >= 0.3 is 0 Å². The molecule has 2 rings (SSSR count). The third-order valence-electron chi connectivity index (χ3n) is 3.03. The molecule has 2 N–H and O–H groups in total. The van der Waals surface area contributed by atoms with Crippen molar-refractivity contribution in [1.82, 2.24) is 5.32 Å². The fourth-order valence-corrected chi connectivity index (χ4v) is 2.29. The van der Waals surface area contributed by atoms with E-state index in [1.807, 2.05) is 38.1 Å². The van der Waals surface area contributed by atoms with Gasteiger partial charge in [-0.3, -0.25) is 9.59 Å². The van der Waals surface area contributed by atoms with Gasteiger partial charge in [-0.1, -0.05) is 0 Å². The highest BCUT2D eigenvalue weighted by Gasteiger charge is 2.08. The van der Waals surface area contributed by atoms with Gasteiger partial charge in [0.05, 0.1) is 0 Å². The number of amides is 2. The van der Waals surface area contributed by atoms with Gasteiger partial charge in [0.1, 0.15) is 5.75 Å². The summed E-state index contributed by atoms with van der Waals surface area (Å²) in [5.41, 5.74) is 1.17. The van der Waals surface area contributed by atoms with E-state index >= 15 is 0 Å². The Morgan fingerprint density at radius 1 is 1.04 bits per heavy atom. The second-order valence-corrected chi connectivity index (χ2v) is 6.74. The Kier molecular flexibility index (Phi) is 6.60. The van der Waals surface area contributed by atoms with Crippen LogP contribution in [0, 0.1) is 3.57 Å². The number of rotatable bonds is 6. The van der Waals surface area contributed by atoms with Crippen LogP contribution in [0.2, 0.25) is 0 Å². The summed E-state index contributed by atoms with van der Waals surface area (Å²) in [5, 5.41) is 5.55. The number of hydrogen-bond acceptors (Lipinski definition) is 3. The first-order valence-corrected chi connectivity index (χ1v) is 8.61. The number of carbonyl (C=O) groups excluding carboxylic acids is 2. The first-order valence-electron chi connectivity index (χ1n) is 7.53. The lowest BCUT2D eigenvalue weighted by Gasteiger charge is -2.10. The van der Waals surface area contributed by atoms with Crippen molar-refractivity contribution in [1.29, 1.82) is 0 Å². The largest absolute Gasteiger partial charge is 0.484 e. The SMILES string of the molecule is CC(C)NC(=O)c1ccc(NC(=O)COc2ccc(I)cc2)cc1. The lowest BCUT2D eigenvalue weighted by Crippen LogP contribution is -2.30. The van der Waals surface area contributed by atoms with Crippen LogP contribution in [-0.4, -0.2) is 24.5 Å². The van der Waals surface area contributed by atoms with Gasteiger partial charge in [0.15, 0.2) is 6.61 Å². The van der Waals surface area contributed by atoms with E-state index in [9.17, 15) is 9.59 Å². The molecule has 0 atom stereocenters. The molecular formula is C18H19IN2O3. The first-order chi connectivity index (χ1) is 11.4. The van der Waals surface area contributed by atoms with Gasteiger partial charge in [0, 0.05) is 20.9 Å². The number of halogens is 1. The molecule has 0 spiro atoms. The van der Waals surface area contributed by atoms with E-state index in [0.717, 1.165) is 3.57 Å². The molecule has 5 nitrogen and oxygen atoms in total. The van der Waals surface area contributed by atoms with Crippen LogP contribution < -0.4 is 15.4 Å². The van der Waals surface area contributed by atoms with Gasteiger partial charge in [-0.05, 0) is 85.0 Å². The van der Waals surface area contributed by atoms with Gasteiger partial charge in [-0.25, -0.2) is 0 Å². The van der Waals surface area contributed by atoms with Crippen molar-refractivity contribution in [3.63, 3.8) is 0 Å². The fraction of sp³-hybridized carbons (Fsp3) is 0.222. The molecule has 6 heteroatoms. The summed E-state index contributed by atoms with van der Waals surface area (Å²) in [6, 6.07) is 14.3. The predicted molar refractivity (Wildman–Crippen MR) is 102 cm³/mol. The van der Waals surface area contributed by atoms with Crippen LogP contribution in [0.1, 0.15) is 24.2 Å². The van der Waals surface area contributed by atoms with E-state index in [-0.39, 0.29) is 24.5 Å². The minimum absolute atomic E-state index is 0.0732. The molecule has 0 bridgehead atoms. The van der Waals surface area contributed by atoms with E-state index in [0.29, 0.717) is 17.0 Å². The van der Waals surface area contributed by atoms with Gasteiger partial charge in [0.2, 0.25) is 0 Å². The number of benzene rings is 2. The minimum Gasteiger partial charge on any atom is -0.484 e. The minimum atomic E-state index is -0.257. The summed E-state index contributed by atoms with van der Waals surface area (Å²) in [6.07, 6.45) is 0. The predicted octanol–water partition coefficient (Wildman–Crippen LogP) is 3.45. The molecule has 2 aromatic rings. The zero-order valence-corrected chi connectivity index (χ0v) is 15.7. The molecule has 24 heavy (non-hydrogen) atoms. The third-order valence-corrected chi connectivity index (χ3v) is 3.75. The molecule has 0 aromatic heterocycles. The normalized spacial score (nSPS) is 10.3. The second-order valence-electron chi connectivity index (χ2n) is 5.50. The molecule has 0 heterocycles. The van der Waals surface area contributed by atoms with Crippen molar-refractivity contribution in [3.05, 3.63) is 57.7 Å². The molecule has 126 valence electrons. The molecule has 0 aliphatic rings. The first kappa shape index (κ1) is 18.3. The molecule has 0 saturated carbocycles. The molecule has 0 fully saturated rings. The van der Waals surface area contributed by atoms with Crippen molar-refractivity contribution in [2.24, 2.45) is 0 Å². The molecular weight excluding hydrogens is 419 g/mol. The van der Waals surface area contributed by atoms with Crippen LogP contribution in [-0.2, 0) is 4.79 Å². The smallest absolute Gasteiger partial charge is 0.262 e. The van der Waals surface area contributed by atoms with E-state index in [2.05, 4.69) is 33.2 Å². The number of anilines is 1. The monoisotopic (exact) mass is 438 g/mol. The van der Waals surface area contributed by atoms with Gasteiger partial charge in [0.25, 0.3) is 11.8 Å². The van der Waals surface area contributed by atoms with Crippen molar-refractivity contribution in [2.75, 3.05) is 11.9 Å². The Morgan fingerprint density at radius 3 is 2.25 bits per heavy atom. The van der Waals surface area contributed by atoms with Crippen molar-refractivity contribution in [3.8, 4) is 5.75 Å². The maximum absolute atomic E-state index is 11.9. The second kappa shape index (κ2) is 8.68. The Hall–Kier alpha value is -2.09. The Balaban J connectivity index is 1.85. The Bertz CT molecular complexity index is 697. The summed E-state index contributed by atoms with van der Waals surface area (Å²) in [7, 11) is 0. The van der Waals surface area contributed by atoms with Crippen molar-refractivity contribution in [2.45, 2.75) is 19.9 Å². The molecule has 2 amide bonds. The number of nitrogens with one attached hydrogen (secondary N) is 2. The highest BCUT2D eigenvalue weighted by Crippen LogP contribution is 2.14. The van der Waals surface area contributed by atoms with Gasteiger partial charge in [-0.15, -0.1) is 0 Å². The maximum Gasteiger partial charge on any atom is 0.262 e. The van der Waals surface area contributed by atoms with Crippen LogP contribution in [0.25, 0.3) is 0 Å². The quantitative estimate of drug-likeness (QED) is 0.680. The van der Waals surface area contributed by atoms with Crippen molar-refractivity contribution >= 4 is 40.1 Å². The van der Waals surface area contributed by atoms with Crippen LogP contribution in [0.3, 0.4) is 0 Å². The number of carbonyl (C=O) groups is 2. The number of hydrogen-bond donors (Lipinski definition) is 2. The van der Waals surface area contributed by atoms with Gasteiger partial charge < -0.3 is 15.4 Å².